The predicted molar refractivity (Wildman–Crippen MR) is 142 cm³/mol. The molecule has 1 saturated carbocycles. The zero-order valence-corrected chi connectivity index (χ0v) is 23.1. The molecule has 1 saturated heterocycles. The maximum absolute atomic E-state index is 13.1. The molecule has 2 aromatic rings. The van der Waals surface area contributed by atoms with Gasteiger partial charge in [0.1, 0.15) is 6.33 Å². The van der Waals surface area contributed by atoms with Gasteiger partial charge in [-0.1, -0.05) is 6.92 Å². The first-order chi connectivity index (χ1) is 18.4. The number of carbonyl (C=O) groups is 1. The Hall–Kier alpha value is -2.35. The molecule has 0 bridgehead atoms. The van der Waals surface area contributed by atoms with E-state index in [1.54, 1.807) is 0 Å². The molecular formula is C26H37F3N6O3S. The van der Waals surface area contributed by atoms with Crippen LogP contribution < -0.4 is 15.4 Å². The van der Waals surface area contributed by atoms with Crippen LogP contribution in [0.4, 0.5) is 13.2 Å². The van der Waals surface area contributed by atoms with Crippen LogP contribution in [0, 0.1) is 11.8 Å². The number of carbonyl (C=O) groups excluding carboxylic acids is 1. The number of fused-ring (bicyclic) bond motifs is 1. The summed E-state index contributed by atoms with van der Waals surface area (Å²) < 4.78 is 65.3. The van der Waals surface area contributed by atoms with Gasteiger partial charge in [0.15, 0.2) is 0 Å². The lowest BCUT2D eigenvalue weighted by molar-refractivity contribution is -0.137. The monoisotopic (exact) mass is 570 g/mol. The minimum atomic E-state index is -4.46. The second kappa shape index (κ2) is 12.4. The van der Waals surface area contributed by atoms with Gasteiger partial charge in [-0.05, 0) is 56.2 Å². The summed E-state index contributed by atoms with van der Waals surface area (Å²) in [5.74, 6) is 0.581. The van der Waals surface area contributed by atoms with Crippen LogP contribution in [0.5, 0.6) is 0 Å². The lowest BCUT2D eigenvalue weighted by atomic mass is 9.79. The van der Waals surface area contributed by atoms with Crippen LogP contribution in [0.1, 0.15) is 50.3 Å². The van der Waals surface area contributed by atoms with Crippen LogP contribution >= 0.6 is 0 Å². The van der Waals surface area contributed by atoms with Gasteiger partial charge in [0, 0.05) is 49.6 Å². The van der Waals surface area contributed by atoms with E-state index in [4.69, 9.17) is 0 Å². The molecule has 9 nitrogen and oxygen atoms in total. The normalized spacial score (nSPS) is 22.0. The maximum atomic E-state index is 13.1. The van der Waals surface area contributed by atoms with Crippen molar-refractivity contribution in [3.05, 3.63) is 35.8 Å². The molecule has 1 amide bonds. The highest BCUT2D eigenvalue weighted by atomic mass is 32.2. The Morgan fingerprint density at radius 1 is 1.15 bits per heavy atom. The summed E-state index contributed by atoms with van der Waals surface area (Å²) in [7, 11) is -3.21. The number of nitrogens with one attached hydrogen (secondary N) is 3. The van der Waals surface area contributed by atoms with Crippen LogP contribution in [-0.2, 0) is 27.5 Å². The third-order valence-corrected chi connectivity index (χ3v) is 8.56. The minimum Gasteiger partial charge on any atom is -0.355 e. The topological polar surface area (TPSA) is 116 Å². The molecule has 0 spiro atoms. The van der Waals surface area contributed by atoms with Crippen molar-refractivity contribution in [2.75, 3.05) is 32.4 Å². The van der Waals surface area contributed by atoms with Crippen LogP contribution in [0.15, 0.2) is 24.5 Å². The first kappa shape index (κ1) is 29.6. The smallest absolute Gasteiger partial charge is 0.355 e. The van der Waals surface area contributed by atoms with Crippen molar-refractivity contribution in [2.45, 2.75) is 63.8 Å². The molecule has 1 aliphatic heterocycles. The van der Waals surface area contributed by atoms with Crippen molar-refractivity contribution in [1.29, 1.82) is 0 Å². The van der Waals surface area contributed by atoms with Gasteiger partial charge in [-0.3, -0.25) is 9.69 Å². The summed E-state index contributed by atoms with van der Waals surface area (Å²) in [6, 6.07) is 3.86. The van der Waals surface area contributed by atoms with Crippen molar-refractivity contribution < 1.29 is 26.4 Å². The fraction of sp³-hybridized carbons (Fsp3) is 0.654. The van der Waals surface area contributed by atoms with Gasteiger partial charge in [-0.25, -0.2) is 23.1 Å². The molecule has 4 rings (SSSR count). The van der Waals surface area contributed by atoms with Crippen molar-refractivity contribution in [3.63, 3.8) is 0 Å². The summed E-state index contributed by atoms with van der Waals surface area (Å²) >= 11 is 0. The van der Waals surface area contributed by atoms with Crippen LogP contribution in [0.25, 0.3) is 10.9 Å². The summed E-state index contributed by atoms with van der Waals surface area (Å²) in [4.78, 5) is 22.9. The summed E-state index contributed by atoms with van der Waals surface area (Å²) in [6.45, 7) is 4.63. The maximum Gasteiger partial charge on any atom is 0.416 e. The lowest BCUT2D eigenvalue weighted by Gasteiger charge is -2.47. The SMILES string of the molecule is CCC(NS(C)(=O)=O)C1CCC(N2CC(CNC(=O)CNCc3ncnc4ccc(C(F)(F)F)cc34)C2)CC1. The quantitative estimate of drug-likeness (QED) is 0.381. The molecular weight excluding hydrogens is 533 g/mol. The van der Waals surface area contributed by atoms with E-state index < -0.39 is 21.8 Å². The molecule has 1 aromatic heterocycles. The highest BCUT2D eigenvalue weighted by Gasteiger charge is 2.36. The molecule has 3 N–H and O–H groups in total. The number of halogens is 3. The van der Waals surface area contributed by atoms with Gasteiger partial charge >= 0.3 is 6.18 Å². The Balaban J connectivity index is 1.15. The second-order valence-electron chi connectivity index (χ2n) is 10.8. The number of alkyl halides is 3. The first-order valence-corrected chi connectivity index (χ1v) is 15.3. The molecule has 13 heteroatoms. The van der Waals surface area contributed by atoms with E-state index in [0.717, 1.165) is 57.3 Å². The van der Waals surface area contributed by atoms with E-state index in [1.165, 1.54) is 18.6 Å². The van der Waals surface area contributed by atoms with Gasteiger partial charge in [-0.2, -0.15) is 13.2 Å². The molecule has 1 aromatic carbocycles. The van der Waals surface area contributed by atoms with E-state index in [1.807, 2.05) is 6.92 Å². The zero-order chi connectivity index (χ0) is 28.2. The molecule has 1 atom stereocenters. The standard InChI is InChI=1S/C26H37F3N6O3S/c1-3-22(34-39(2,37)38)18-4-7-20(8-5-18)35-14-17(15-35)11-31-25(36)13-30-12-24-21-10-19(26(27,28)29)6-9-23(21)32-16-33-24/h6,9-10,16-18,20,22,30,34H,3-5,7-8,11-15H2,1-2H3,(H,31,36). The van der Waals surface area contributed by atoms with Gasteiger partial charge in [0.25, 0.3) is 0 Å². The number of benzene rings is 1. The number of amides is 1. The number of hydrogen-bond acceptors (Lipinski definition) is 7. The van der Waals surface area contributed by atoms with Crippen molar-refractivity contribution >= 4 is 26.8 Å². The lowest BCUT2D eigenvalue weighted by Crippen LogP contribution is -2.56. The minimum absolute atomic E-state index is 0.000619. The fourth-order valence-corrected chi connectivity index (χ4v) is 6.65. The van der Waals surface area contributed by atoms with E-state index in [-0.39, 0.29) is 25.0 Å². The highest BCUT2D eigenvalue weighted by Crippen LogP contribution is 2.34. The third kappa shape index (κ3) is 8.09. The third-order valence-electron chi connectivity index (χ3n) is 7.83. The largest absolute Gasteiger partial charge is 0.416 e. The number of nitrogens with zero attached hydrogens (tertiary/aromatic N) is 3. The molecule has 2 aliphatic rings. The fourth-order valence-electron chi connectivity index (χ4n) is 5.74. The van der Waals surface area contributed by atoms with Crippen LogP contribution in [0.2, 0.25) is 0 Å². The van der Waals surface area contributed by atoms with Crippen molar-refractivity contribution in [3.8, 4) is 0 Å². The molecule has 1 aliphatic carbocycles. The molecule has 39 heavy (non-hydrogen) atoms. The van der Waals surface area contributed by atoms with Gasteiger partial charge < -0.3 is 10.6 Å². The van der Waals surface area contributed by atoms with E-state index >= 15 is 0 Å². The number of sulfonamides is 1. The van der Waals surface area contributed by atoms with Gasteiger partial charge in [0.05, 0.1) is 29.6 Å². The zero-order valence-electron chi connectivity index (χ0n) is 22.3. The molecule has 0 radical (unpaired) electrons. The van der Waals surface area contributed by atoms with Crippen LogP contribution in [-0.4, -0.2) is 73.7 Å². The Morgan fingerprint density at radius 2 is 1.87 bits per heavy atom. The van der Waals surface area contributed by atoms with Crippen molar-refractivity contribution in [2.24, 2.45) is 11.8 Å². The Labute approximate surface area is 227 Å². The Morgan fingerprint density at radius 3 is 2.51 bits per heavy atom. The molecule has 216 valence electrons. The summed E-state index contributed by atoms with van der Waals surface area (Å²) in [5, 5.41) is 6.21. The van der Waals surface area contributed by atoms with E-state index in [9.17, 15) is 26.4 Å². The predicted octanol–water partition coefficient (Wildman–Crippen LogP) is 2.67. The number of likely N-dealkylation sites (tertiary alicyclic amines) is 1. The summed E-state index contributed by atoms with van der Waals surface area (Å²) in [5.41, 5.74) is 0.0547. The summed E-state index contributed by atoms with van der Waals surface area (Å²) in [6.07, 6.45) is 2.97. The Bertz CT molecular complexity index is 1250. The molecule has 1 unspecified atom stereocenters. The number of rotatable bonds is 11. The highest BCUT2D eigenvalue weighted by molar-refractivity contribution is 7.88. The van der Waals surface area contributed by atoms with Crippen LogP contribution in [0.3, 0.4) is 0 Å². The molecule has 2 fully saturated rings. The first-order valence-electron chi connectivity index (χ1n) is 13.4. The van der Waals surface area contributed by atoms with Gasteiger partial charge in [-0.15, -0.1) is 0 Å². The van der Waals surface area contributed by atoms with E-state index in [0.29, 0.717) is 41.0 Å². The molecule has 2 heterocycles. The van der Waals surface area contributed by atoms with Crippen molar-refractivity contribution in [1.82, 2.24) is 30.2 Å². The second-order valence-corrected chi connectivity index (χ2v) is 12.5. The average Bonchev–Trinajstić information content (AvgIpc) is 2.85. The van der Waals surface area contributed by atoms with Gasteiger partial charge in [0.2, 0.25) is 15.9 Å². The Kier molecular flexibility index (Phi) is 9.45. The number of hydrogen-bond donors (Lipinski definition) is 3. The average molecular weight is 571 g/mol. The van der Waals surface area contributed by atoms with E-state index in [2.05, 4.69) is 30.2 Å². The number of aromatic nitrogens is 2.